The Morgan fingerprint density at radius 3 is 1.67 bits per heavy atom. The second-order valence-corrected chi connectivity index (χ2v) is 9.52. The van der Waals surface area contributed by atoms with Crippen molar-refractivity contribution in [3.05, 3.63) is 125 Å². The van der Waals surface area contributed by atoms with E-state index in [4.69, 9.17) is 4.98 Å². The molecule has 5 aromatic carbocycles. The van der Waals surface area contributed by atoms with E-state index in [-0.39, 0.29) is 0 Å². The molecule has 33 heavy (non-hydrogen) atoms. The summed E-state index contributed by atoms with van der Waals surface area (Å²) in [7, 11) is 0. The fourth-order valence-corrected chi connectivity index (χ4v) is 4.68. The van der Waals surface area contributed by atoms with Crippen LogP contribution in [0.15, 0.2) is 121 Å². The van der Waals surface area contributed by atoms with Crippen molar-refractivity contribution in [1.82, 2.24) is 4.98 Å². The van der Waals surface area contributed by atoms with Gasteiger partial charge in [0.25, 0.3) is 0 Å². The summed E-state index contributed by atoms with van der Waals surface area (Å²) in [5.74, 6) is 0. The second kappa shape index (κ2) is 8.45. The zero-order valence-corrected chi connectivity index (χ0v) is 20.0. The van der Waals surface area contributed by atoms with E-state index in [1.807, 2.05) is 6.20 Å². The fraction of sp³-hybridized carbons (Fsp3) is 0. The summed E-state index contributed by atoms with van der Waals surface area (Å²) in [4.78, 5) is 4.77. The molecule has 0 spiro atoms. The molecule has 0 radical (unpaired) electrons. The van der Waals surface area contributed by atoms with Gasteiger partial charge in [0.15, 0.2) is 0 Å². The lowest BCUT2D eigenvalue weighted by atomic mass is 9.98. The van der Waals surface area contributed by atoms with Crippen LogP contribution in [-0.2, 0) is 0 Å². The highest BCUT2D eigenvalue weighted by molar-refractivity contribution is 14.1. The van der Waals surface area contributed by atoms with Crippen LogP contribution in [0.1, 0.15) is 0 Å². The summed E-state index contributed by atoms with van der Waals surface area (Å²) in [5.41, 5.74) is 8.19. The van der Waals surface area contributed by atoms with Crippen molar-refractivity contribution in [2.45, 2.75) is 0 Å². The van der Waals surface area contributed by atoms with Gasteiger partial charge in [-0.25, -0.2) is 0 Å². The van der Waals surface area contributed by atoms with Crippen LogP contribution < -0.4 is 0 Å². The molecule has 1 nitrogen and oxygen atoms in total. The third kappa shape index (κ3) is 4.03. The Balaban J connectivity index is 1.30. The molecular weight excluding hydrogens is 513 g/mol. The minimum absolute atomic E-state index is 1.02. The molecule has 0 aliphatic carbocycles. The average molecular weight is 533 g/mol. The van der Waals surface area contributed by atoms with Gasteiger partial charge in [-0.1, -0.05) is 84.9 Å². The van der Waals surface area contributed by atoms with Crippen LogP contribution in [0.3, 0.4) is 0 Å². The number of nitrogens with zero attached hydrogens (tertiary/aromatic N) is 1. The molecule has 156 valence electrons. The van der Waals surface area contributed by atoms with E-state index < -0.39 is 0 Å². The number of aromatic nitrogens is 1. The number of pyridine rings is 1. The first-order chi connectivity index (χ1) is 16.2. The van der Waals surface area contributed by atoms with E-state index >= 15 is 0 Å². The average Bonchev–Trinajstić information content (AvgIpc) is 2.88. The largest absolute Gasteiger partial charge is 0.256 e. The van der Waals surface area contributed by atoms with Crippen molar-refractivity contribution in [1.29, 1.82) is 0 Å². The van der Waals surface area contributed by atoms with Crippen LogP contribution in [0, 0.1) is 3.57 Å². The van der Waals surface area contributed by atoms with E-state index in [0.29, 0.717) is 0 Å². The molecule has 0 aliphatic rings. The number of hydrogen-bond acceptors (Lipinski definition) is 1. The van der Waals surface area contributed by atoms with Crippen LogP contribution in [0.25, 0.3) is 55.1 Å². The lowest BCUT2D eigenvalue weighted by molar-refractivity contribution is 1.41. The van der Waals surface area contributed by atoms with Crippen molar-refractivity contribution < 1.29 is 0 Å². The first-order valence-electron chi connectivity index (χ1n) is 11.0. The zero-order valence-electron chi connectivity index (χ0n) is 17.9. The normalized spacial score (nSPS) is 11.2. The van der Waals surface area contributed by atoms with Crippen LogP contribution in [0.5, 0.6) is 0 Å². The van der Waals surface area contributed by atoms with Gasteiger partial charge in [-0.15, -0.1) is 0 Å². The molecule has 0 saturated heterocycles. The number of benzene rings is 5. The predicted octanol–water partition coefficient (Wildman–Crippen LogP) is 8.99. The molecule has 0 unspecified atom stereocenters. The van der Waals surface area contributed by atoms with Gasteiger partial charge in [0.1, 0.15) is 0 Å². The molecule has 0 amide bonds. The lowest BCUT2D eigenvalue weighted by Crippen LogP contribution is -1.86. The van der Waals surface area contributed by atoms with Gasteiger partial charge < -0.3 is 0 Å². The number of fused-ring (bicyclic) bond motifs is 2. The maximum absolute atomic E-state index is 4.77. The Bertz CT molecular complexity index is 1600. The van der Waals surface area contributed by atoms with E-state index in [1.165, 1.54) is 42.2 Å². The summed E-state index contributed by atoms with van der Waals surface area (Å²) in [6.45, 7) is 0. The van der Waals surface area contributed by atoms with Crippen LogP contribution in [0.4, 0.5) is 0 Å². The minimum Gasteiger partial charge on any atom is -0.256 e. The molecule has 6 rings (SSSR count). The molecule has 2 heteroatoms. The van der Waals surface area contributed by atoms with Gasteiger partial charge in [-0.2, -0.15) is 0 Å². The molecular formula is C31H20IN. The van der Waals surface area contributed by atoms with Gasteiger partial charge >= 0.3 is 0 Å². The number of rotatable bonds is 3. The molecule has 0 atom stereocenters. The second-order valence-electron chi connectivity index (χ2n) is 8.28. The first-order valence-corrected chi connectivity index (χ1v) is 12.1. The van der Waals surface area contributed by atoms with Gasteiger partial charge in [0.2, 0.25) is 0 Å². The van der Waals surface area contributed by atoms with E-state index in [2.05, 4.69) is 138 Å². The van der Waals surface area contributed by atoms with Crippen molar-refractivity contribution >= 4 is 44.3 Å². The Labute approximate surface area is 206 Å². The summed E-state index contributed by atoms with van der Waals surface area (Å²) in [6.07, 6.45) is 1.98. The van der Waals surface area contributed by atoms with Crippen LogP contribution >= 0.6 is 22.6 Å². The summed E-state index contributed by atoms with van der Waals surface area (Å²) >= 11 is 2.34. The third-order valence-corrected chi connectivity index (χ3v) is 6.88. The van der Waals surface area contributed by atoms with Crippen molar-refractivity contribution in [3.63, 3.8) is 0 Å². The third-order valence-electron chi connectivity index (χ3n) is 6.16. The van der Waals surface area contributed by atoms with Crippen LogP contribution in [-0.4, -0.2) is 4.98 Å². The standard InChI is InChI=1S/C31H20IN/c32-30-15-13-23(14-16-30)27-11-12-28-18-29(20-33-31(28)19-27)24-7-5-22(6-8-24)26-10-9-21-3-1-2-4-25(21)17-26/h1-20H. The predicted molar refractivity (Wildman–Crippen MR) is 148 cm³/mol. The topological polar surface area (TPSA) is 12.9 Å². The maximum atomic E-state index is 4.77. The zero-order chi connectivity index (χ0) is 22.2. The molecule has 1 heterocycles. The first kappa shape index (κ1) is 20.1. The quantitative estimate of drug-likeness (QED) is 0.207. The van der Waals surface area contributed by atoms with Gasteiger partial charge in [-0.05, 0) is 91.5 Å². The molecule has 0 bridgehead atoms. The fourth-order valence-electron chi connectivity index (χ4n) is 4.33. The lowest BCUT2D eigenvalue weighted by Gasteiger charge is -2.08. The Hall–Kier alpha value is -3.50. The Kier molecular flexibility index (Phi) is 5.16. The highest BCUT2D eigenvalue weighted by Crippen LogP contribution is 2.30. The van der Waals surface area contributed by atoms with Crippen molar-refractivity contribution in [2.24, 2.45) is 0 Å². The van der Waals surface area contributed by atoms with Crippen molar-refractivity contribution in [3.8, 4) is 33.4 Å². The summed E-state index contributed by atoms with van der Waals surface area (Å²) < 4.78 is 1.24. The summed E-state index contributed by atoms with van der Waals surface area (Å²) in [6, 6.07) is 41.2. The van der Waals surface area contributed by atoms with E-state index in [1.54, 1.807) is 0 Å². The van der Waals surface area contributed by atoms with Gasteiger partial charge in [-0.3, -0.25) is 4.98 Å². The molecule has 6 aromatic rings. The minimum atomic E-state index is 1.02. The number of hydrogen-bond donors (Lipinski definition) is 0. The van der Waals surface area contributed by atoms with E-state index in [9.17, 15) is 0 Å². The van der Waals surface area contributed by atoms with Crippen molar-refractivity contribution in [2.75, 3.05) is 0 Å². The summed E-state index contributed by atoms with van der Waals surface area (Å²) in [5, 5.41) is 3.69. The smallest absolute Gasteiger partial charge is 0.0708 e. The molecule has 0 N–H and O–H groups in total. The van der Waals surface area contributed by atoms with Gasteiger partial charge in [0, 0.05) is 20.7 Å². The van der Waals surface area contributed by atoms with E-state index in [0.717, 1.165) is 16.5 Å². The molecule has 1 aromatic heterocycles. The Morgan fingerprint density at radius 1 is 0.424 bits per heavy atom. The molecule has 0 aliphatic heterocycles. The maximum Gasteiger partial charge on any atom is 0.0708 e. The highest BCUT2D eigenvalue weighted by atomic mass is 127. The van der Waals surface area contributed by atoms with Crippen LogP contribution in [0.2, 0.25) is 0 Å². The SMILES string of the molecule is Ic1ccc(-c2ccc3cc(-c4ccc(-c5ccc6ccccc6c5)cc4)cnc3c2)cc1. The molecule has 0 fully saturated rings. The van der Waals surface area contributed by atoms with Gasteiger partial charge in [0.05, 0.1) is 5.52 Å². The Morgan fingerprint density at radius 2 is 0.939 bits per heavy atom. The highest BCUT2D eigenvalue weighted by Gasteiger charge is 2.06. The molecule has 0 saturated carbocycles. The number of halogens is 1. The monoisotopic (exact) mass is 533 g/mol.